The fourth-order valence-corrected chi connectivity index (χ4v) is 3.29. The first kappa shape index (κ1) is 23.2. The van der Waals surface area contributed by atoms with Crippen molar-refractivity contribution in [1.82, 2.24) is 0 Å². The molecule has 8 heteroatoms. The number of aromatic carboxylic acids is 1. The minimum Gasteiger partial charge on any atom is -0.493 e. The summed E-state index contributed by atoms with van der Waals surface area (Å²) < 4.78 is 11.3. The summed E-state index contributed by atoms with van der Waals surface area (Å²) in [6, 6.07) is 16.6. The Morgan fingerprint density at radius 3 is 2.34 bits per heavy atom. The van der Waals surface area contributed by atoms with Crippen molar-refractivity contribution in [3.05, 3.63) is 92.9 Å². The second kappa shape index (κ2) is 10.7. The Balaban J connectivity index is 1.74. The molecule has 0 radical (unpaired) electrons. The summed E-state index contributed by atoms with van der Waals surface area (Å²) in [6.45, 7) is 0. The van der Waals surface area contributed by atoms with E-state index in [2.05, 4.69) is 20.9 Å². The predicted molar refractivity (Wildman–Crippen MR) is 127 cm³/mol. The number of halogens is 2. The first-order valence-corrected chi connectivity index (χ1v) is 10.4. The van der Waals surface area contributed by atoms with Crippen LogP contribution in [0.2, 0.25) is 5.02 Å². The molecule has 0 heterocycles. The largest absolute Gasteiger partial charge is 0.493 e. The molecule has 1 N–H and O–H groups in total. The number of carboxylic acid groups (broad SMARTS) is 1. The lowest BCUT2D eigenvalue weighted by atomic mass is 10.2. The Morgan fingerprint density at radius 1 is 1.03 bits per heavy atom. The summed E-state index contributed by atoms with van der Waals surface area (Å²) in [5.74, 6) is -0.988. The van der Waals surface area contributed by atoms with Crippen LogP contribution in [0.15, 0.2) is 76.2 Å². The minimum atomic E-state index is -0.998. The Hall–Kier alpha value is -3.42. The molecule has 0 unspecified atom stereocenters. The van der Waals surface area contributed by atoms with Gasteiger partial charge >= 0.3 is 11.9 Å². The van der Waals surface area contributed by atoms with Crippen LogP contribution in [0.3, 0.4) is 0 Å². The van der Waals surface area contributed by atoms with Crippen molar-refractivity contribution >= 4 is 57.4 Å². The molecule has 0 bridgehead atoms. The molecular formula is C24H17BrClNO5. The van der Waals surface area contributed by atoms with E-state index in [1.165, 1.54) is 25.3 Å². The first-order valence-electron chi connectivity index (χ1n) is 9.26. The topological polar surface area (TPSA) is 85.2 Å². The second-order valence-corrected chi connectivity index (χ2v) is 7.74. The van der Waals surface area contributed by atoms with Crippen LogP contribution in [0.4, 0.5) is 5.69 Å². The lowest BCUT2D eigenvalue weighted by Crippen LogP contribution is -2.06. The van der Waals surface area contributed by atoms with E-state index >= 15 is 0 Å². The Morgan fingerprint density at radius 2 is 1.72 bits per heavy atom. The van der Waals surface area contributed by atoms with Gasteiger partial charge < -0.3 is 14.6 Å². The SMILES string of the molecule is COc1cc(/C=N/c2ccc(C(=O)O)cc2)cc(Br)c1OC(=O)/C=C/c1ccc(Cl)cc1. The van der Waals surface area contributed by atoms with E-state index in [4.69, 9.17) is 26.2 Å². The predicted octanol–water partition coefficient (Wildman–Crippen LogP) is 6.18. The van der Waals surface area contributed by atoms with Crippen molar-refractivity contribution in [2.45, 2.75) is 0 Å². The number of aliphatic imine (C=N–C) groups is 1. The average molecular weight is 515 g/mol. The van der Waals surface area contributed by atoms with Crippen LogP contribution >= 0.6 is 27.5 Å². The Kier molecular flexibility index (Phi) is 7.81. The fourth-order valence-electron chi connectivity index (χ4n) is 2.63. The zero-order valence-corrected chi connectivity index (χ0v) is 19.1. The highest BCUT2D eigenvalue weighted by molar-refractivity contribution is 9.10. The third kappa shape index (κ3) is 6.29. The highest BCUT2D eigenvalue weighted by Gasteiger charge is 2.14. The molecule has 0 saturated carbocycles. The van der Waals surface area contributed by atoms with Crippen LogP contribution in [-0.4, -0.2) is 30.4 Å². The summed E-state index contributed by atoms with van der Waals surface area (Å²) >= 11 is 9.25. The number of methoxy groups -OCH3 is 1. The zero-order chi connectivity index (χ0) is 23.1. The molecule has 0 aliphatic rings. The van der Waals surface area contributed by atoms with Gasteiger partial charge in [0.2, 0.25) is 0 Å². The summed E-state index contributed by atoms with van der Waals surface area (Å²) in [5, 5.41) is 9.57. The van der Waals surface area contributed by atoms with Crippen molar-refractivity contribution in [3.63, 3.8) is 0 Å². The molecule has 162 valence electrons. The molecule has 0 saturated heterocycles. The number of carboxylic acids is 1. The number of esters is 1. The molecule has 0 aliphatic carbocycles. The molecule has 0 aliphatic heterocycles. The summed E-state index contributed by atoms with van der Waals surface area (Å²) in [6.07, 6.45) is 4.52. The molecular weight excluding hydrogens is 498 g/mol. The van der Waals surface area contributed by atoms with Crippen molar-refractivity contribution in [3.8, 4) is 11.5 Å². The van der Waals surface area contributed by atoms with Gasteiger partial charge in [0, 0.05) is 17.3 Å². The smallest absolute Gasteiger partial charge is 0.336 e. The molecule has 6 nitrogen and oxygen atoms in total. The number of carbonyl (C=O) groups is 2. The van der Waals surface area contributed by atoms with Gasteiger partial charge in [0.05, 0.1) is 22.8 Å². The van der Waals surface area contributed by atoms with Gasteiger partial charge in [-0.25, -0.2) is 9.59 Å². The van der Waals surface area contributed by atoms with Gasteiger partial charge in [-0.15, -0.1) is 0 Å². The highest BCUT2D eigenvalue weighted by atomic mass is 79.9. The maximum Gasteiger partial charge on any atom is 0.336 e. The van der Waals surface area contributed by atoms with Gasteiger partial charge in [-0.3, -0.25) is 4.99 Å². The van der Waals surface area contributed by atoms with Crippen LogP contribution in [-0.2, 0) is 4.79 Å². The van der Waals surface area contributed by atoms with Crippen molar-refractivity contribution in [2.75, 3.05) is 7.11 Å². The average Bonchev–Trinajstić information content (AvgIpc) is 2.79. The van der Waals surface area contributed by atoms with Gasteiger partial charge in [0.15, 0.2) is 11.5 Å². The zero-order valence-electron chi connectivity index (χ0n) is 16.8. The highest BCUT2D eigenvalue weighted by Crippen LogP contribution is 2.36. The lowest BCUT2D eigenvalue weighted by Gasteiger charge is -2.11. The second-order valence-electron chi connectivity index (χ2n) is 6.45. The standard InChI is InChI=1S/C24H17BrClNO5/c1-31-21-13-16(14-27-19-9-5-17(6-10-19)24(29)30)12-20(25)23(21)32-22(28)11-4-15-2-7-18(26)8-3-15/h2-14H,1H3,(H,29,30)/b11-4+,27-14+. The number of rotatable bonds is 7. The van der Waals surface area contributed by atoms with E-state index in [0.717, 1.165) is 5.56 Å². The Labute approximate surface area is 197 Å². The number of ether oxygens (including phenoxy) is 2. The van der Waals surface area contributed by atoms with E-state index in [1.54, 1.807) is 60.8 Å². The van der Waals surface area contributed by atoms with E-state index < -0.39 is 11.9 Å². The lowest BCUT2D eigenvalue weighted by molar-refractivity contribution is -0.129. The van der Waals surface area contributed by atoms with Crippen molar-refractivity contribution < 1.29 is 24.2 Å². The maximum atomic E-state index is 12.3. The maximum absolute atomic E-state index is 12.3. The van der Waals surface area contributed by atoms with E-state index in [-0.39, 0.29) is 11.3 Å². The van der Waals surface area contributed by atoms with Gasteiger partial charge in [-0.2, -0.15) is 0 Å². The van der Waals surface area contributed by atoms with Crippen molar-refractivity contribution in [2.24, 2.45) is 4.99 Å². The minimum absolute atomic E-state index is 0.185. The van der Waals surface area contributed by atoms with Gasteiger partial charge in [0.25, 0.3) is 0 Å². The quantitative estimate of drug-likeness (QED) is 0.176. The molecule has 32 heavy (non-hydrogen) atoms. The summed E-state index contributed by atoms with van der Waals surface area (Å²) in [7, 11) is 1.47. The third-order valence-electron chi connectivity index (χ3n) is 4.21. The molecule has 3 aromatic rings. The number of carbonyl (C=O) groups excluding carboxylic acids is 1. The molecule has 3 aromatic carbocycles. The molecule has 0 amide bonds. The van der Waals surface area contributed by atoms with E-state index in [0.29, 0.717) is 26.5 Å². The van der Waals surface area contributed by atoms with Gasteiger partial charge in [-0.05, 0) is 81.7 Å². The summed E-state index contributed by atoms with van der Waals surface area (Å²) in [4.78, 5) is 27.5. The third-order valence-corrected chi connectivity index (χ3v) is 5.05. The number of nitrogens with zero attached hydrogens (tertiary/aromatic N) is 1. The van der Waals surface area contributed by atoms with Crippen LogP contribution < -0.4 is 9.47 Å². The van der Waals surface area contributed by atoms with Crippen LogP contribution in [0.1, 0.15) is 21.5 Å². The summed E-state index contributed by atoms with van der Waals surface area (Å²) in [5.41, 5.74) is 2.27. The Bertz CT molecular complexity index is 1190. The molecule has 0 atom stereocenters. The van der Waals surface area contributed by atoms with E-state index in [9.17, 15) is 9.59 Å². The van der Waals surface area contributed by atoms with Crippen LogP contribution in [0.5, 0.6) is 11.5 Å². The number of hydrogen-bond acceptors (Lipinski definition) is 5. The van der Waals surface area contributed by atoms with E-state index in [1.807, 2.05) is 0 Å². The monoisotopic (exact) mass is 513 g/mol. The van der Waals surface area contributed by atoms with Crippen molar-refractivity contribution in [1.29, 1.82) is 0 Å². The molecule has 0 aromatic heterocycles. The number of benzene rings is 3. The number of hydrogen-bond donors (Lipinski definition) is 1. The normalized spacial score (nSPS) is 11.1. The van der Waals surface area contributed by atoms with Crippen LogP contribution in [0, 0.1) is 0 Å². The first-order chi connectivity index (χ1) is 15.4. The fraction of sp³-hybridized carbons (Fsp3) is 0.0417. The van der Waals surface area contributed by atoms with Gasteiger partial charge in [0.1, 0.15) is 0 Å². The molecule has 0 spiro atoms. The van der Waals surface area contributed by atoms with Crippen LogP contribution in [0.25, 0.3) is 6.08 Å². The van der Waals surface area contributed by atoms with Gasteiger partial charge in [-0.1, -0.05) is 23.7 Å². The molecule has 3 rings (SSSR count). The molecule has 0 fully saturated rings.